The van der Waals surface area contributed by atoms with Crippen LogP contribution in [-0.4, -0.2) is 16.9 Å². The van der Waals surface area contributed by atoms with Crippen LogP contribution in [-0.2, 0) is 16.1 Å². The third-order valence-corrected chi connectivity index (χ3v) is 3.25. The van der Waals surface area contributed by atoms with E-state index in [-0.39, 0.29) is 18.2 Å². The van der Waals surface area contributed by atoms with E-state index in [4.69, 9.17) is 10.00 Å². The van der Waals surface area contributed by atoms with Crippen LogP contribution in [0.25, 0.3) is 0 Å². The topological polar surface area (TPSA) is 92.1 Å². The van der Waals surface area contributed by atoms with E-state index in [1.165, 1.54) is 12.3 Å². The second-order valence-corrected chi connectivity index (χ2v) is 4.92. The number of anilines is 1. The lowest BCUT2D eigenvalue weighted by Crippen LogP contribution is -2.08. The van der Waals surface area contributed by atoms with Crippen molar-refractivity contribution >= 4 is 28.3 Å². The molecule has 0 unspecified atom stereocenters. The van der Waals surface area contributed by atoms with Crippen molar-refractivity contribution in [1.29, 1.82) is 5.26 Å². The molecule has 1 N–H and O–H groups in total. The number of amides is 1. The van der Waals surface area contributed by atoms with Crippen molar-refractivity contribution in [2.24, 2.45) is 0 Å². The van der Waals surface area contributed by atoms with Gasteiger partial charge >= 0.3 is 5.97 Å². The summed E-state index contributed by atoms with van der Waals surface area (Å²) in [5, 5.41) is 13.3. The Morgan fingerprint density at radius 1 is 1.43 bits per heavy atom. The number of aromatic nitrogens is 1. The Morgan fingerprint density at radius 3 is 2.90 bits per heavy atom. The van der Waals surface area contributed by atoms with Crippen molar-refractivity contribution in [1.82, 2.24) is 4.98 Å². The van der Waals surface area contributed by atoms with Gasteiger partial charge in [0.05, 0.1) is 11.6 Å². The van der Waals surface area contributed by atoms with Gasteiger partial charge < -0.3 is 10.1 Å². The van der Waals surface area contributed by atoms with Crippen LogP contribution in [0.4, 0.5) is 5.13 Å². The van der Waals surface area contributed by atoms with Gasteiger partial charge in [0.2, 0.25) is 5.91 Å². The van der Waals surface area contributed by atoms with E-state index < -0.39 is 5.97 Å². The van der Waals surface area contributed by atoms with E-state index in [0.717, 1.165) is 11.3 Å². The van der Waals surface area contributed by atoms with E-state index >= 15 is 0 Å². The smallest absolute Gasteiger partial charge is 0.358 e. The summed E-state index contributed by atoms with van der Waals surface area (Å²) in [5.74, 6) is -0.859. The number of rotatable bonds is 4. The van der Waals surface area contributed by atoms with Crippen molar-refractivity contribution in [2.45, 2.75) is 13.5 Å². The highest BCUT2D eigenvalue weighted by Crippen LogP contribution is 2.17. The molecule has 106 valence electrons. The Kier molecular flexibility index (Phi) is 4.64. The standard InChI is InChI=1S/C14H11N3O3S/c1-9(18)16-14-17-12(8-21-14)13(19)20-7-11-5-3-2-4-10(11)6-15/h2-5,8H,7H2,1H3,(H,16,17,18). The Balaban J connectivity index is 2.00. The molecule has 1 heterocycles. The number of benzene rings is 1. The summed E-state index contributed by atoms with van der Waals surface area (Å²) in [6.07, 6.45) is 0. The molecular formula is C14H11N3O3S. The molecule has 0 fully saturated rings. The summed E-state index contributed by atoms with van der Waals surface area (Å²) >= 11 is 1.14. The minimum Gasteiger partial charge on any atom is -0.456 e. The second-order valence-electron chi connectivity index (χ2n) is 4.06. The molecule has 2 rings (SSSR count). The molecule has 0 bridgehead atoms. The van der Waals surface area contributed by atoms with E-state index in [2.05, 4.69) is 10.3 Å². The van der Waals surface area contributed by atoms with Crippen molar-refractivity contribution in [2.75, 3.05) is 5.32 Å². The zero-order chi connectivity index (χ0) is 15.2. The van der Waals surface area contributed by atoms with Crippen LogP contribution in [0.1, 0.15) is 28.5 Å². The predicted molar refractivity (Wildman–Crippen MR) is 76.7 cm³/mol. The minimum absolute atomic E-state index is 0.00440. The fourth-order valence-electron chi connectivity index (χ4n) is 1.55. The first kappa shape index (κ1) is 14.7. The van der Waals surface area contributed by atoms with Gasteiger partial charge in [-0.05, 0) is 6.07 Å². The van der Waals surface area contributed by atoms with Gasteiger partial charge in [0.25, 0.3) is 0 Å². The molecule has 0 aliphatic heterocycles. The maximum absolute atomic E-state index is 11.8. The van der Waals surface area contributed by atoms with Gasteiger partial charge in [-0.2, -0.15) is 5.26 Å². The number of esters is 1. The van der Waals surface area contributed by atoms with Crippen molar-refractivity contribution in [3.05, 3.63) is 46.5 Å². The van der Waals surface area contributed by atoms with Gasteiger partial charge in [-0.25, -0.2) is 9.78 Å². The minimum atomic E-state index is -0.601. The molecule has 1 aromatic carbocycles. The number of carbonyl (C=O) groups excluding carboxylic acids is 2. The molecule has 0 aliphatic carbocycles. The van der Waals surface area contributed by atoms with Crippen molar-refractivity contribution in [3.63, 3.8) is 0 Å². The molecule has 1 aromatic heterocycles. The summed E-state index contributed by atoms with van der Waals surface area (Å²) < 4.78 is 5.12. The predicted octanol–water partition coefficient (Wildman–Crippen LogP) is 2.33. The fourth-order valence-corrected chi connectivity index (χ4v) is 2.27. The second kappa shape index (κ2) is 6.63. The van der Waals surface area contributed by atoms with E-state index in [1.807, 2.05) is 6.07 Å². The third-order valence-electron chi connectivity index (χ3n) is 2.49. The van der Waals surface area contributed by atoms with Crippen LogP contribution < -0.4 is 5.32 Å². The molecule has 0 radical (unpaired) electrons. The van der Waals surface area contributed by atoms with Crippen molar-refractivity contribution in [3.8, 4) is 6.07 Å². The van der Waals surface area contributed by atoms with Crippen LogP contribution in [0.15, 0.2) is 29.6 Å². The van der Waals surface area contributed by atoms with Gasteiger partial charge in [-0.1, -0.05) is 18.2 Å². The fraction of sp³-hybridized carbons (Fsp3) is 0.143. The molecule has 21 heavy (non-hydrogen) atoms. The lowest BCUT2D eigenvalue weighted by atomic mass is 10.1. The Hall–Kier alpha value is -2.72. The SMILES string of the molecule is CC(=O)Nc1nc(C(=O)OCc2ccccc2C#N)cs1. The van der Waals surface area contributed by atoms with E-state index in [9.17, 15) is 9.59 Å². The molecule has 0 spiro atoms. The highest BCUT2D eigenvalue weighted by atomic mass is 32.1. The number of nitrogens with one attached hydrogen (secondary N) is 1. The number of ether oxygens (including phenoxy) is 1. The summed E-state index contributed by atoms with van der Waals surface area (Å²) in [5.41, 5.74) is 1.21. The molecule has 2 aromatic rings. The number of thiazole rings is 1. The first-order valence-corrected chi connectivity index (χ1v) is 6.86. The molecule has 0 saturated heterocycles. The summed E-state index contributed by atoms with van der Waals surface area (Å²) in [4.78, 5) is 26.7. The highest BCUT2D eigenvalue weighted by Gasteiger charge is 2.13. The maximum atomic E-state index is 11.8. The summed E-state index contributed by atoms with van der Waals surface area (Å²) in [6, 6.07) is 8.91. The van der Waals surface area contributed by atoms with Gasteiger partial charge in [0.15, 0.2) is 10.8 Å². The average molecular weight is 301 g/mol. The number of hydrogen-bond acceptors (Lipinski definition) is 6. The first-order valence-electron chi connectivity index (χ1n) is 5.98. The van der Waals surface area contributed by atoms with Crippen LogP contribution >= 0.6 is 11.3 Å². The summed E-state index contributed by atoms with van der Waals surface area (Å²) in [6.45, 7) is 1.35. The van der Waals surface area contributed by atoms with Gasteiger partial charge in [-0.3, -0.25) is 4.79 Å². The van der Waals surface area contributed by atoms with Crippen LogP contribution in [0.3, 0.4) is 0 Å². The number of hydrogen-bond donors (Lipinski definition) is 1. The van der Waals surface area contributed by atoms with Crippen LogP contribution in [0, 0.1) is 11.3 Å². The number of nitriles is 1. The molecule has 6 nitrogen and oxygen atoms in total. The molecule has 7 heteroatoms. The quantitative estimate of drug-likeness (QED) is 0.875. The molecule has 0 atom stereocenters. The third kappa shape index (κ3) is 3.87. The zero-order valence-corrected chi connectivity index (χ0v) is 11.9. The van der Waals surface area contributed by atoms with Crippen LogP contribution in [0.5, 0.6) is 0 Å². The monoisotopic (exact) mass is 301 g/mol. The lowest BCUT2D eigenvalue weighted by Gasteiger charge is -2.04. The van der Waals surface area contributed by atoms with E-state index in [1.54, 1.807) is 24.3 Å². The molecule has 0 saturated carbocycles. The van der Waals surface area contributed by atoms with Gasteiger partial charge in [0, 0.05) is 17.9 Å². The van der Waals surface area contributed by atoms with Crippen LogP contribution in [0.2, 0.25) is 0 Å². The number of nitrogens with zero attached hydrogens (tertiary/aromatic N) is 2. The van der Waals surface area contributed by atoms with Gasteiger partial charge in [-0.15, -0.1) is 11.3 Å². The lowest BCUT2D eigenvalue weighted by molar-refractivity contribution is -0.114. The van der Waals surface area contributed by atoms with Gasteiger partial charge in [0.1, 0.15) is 6.61 Å². The highest BCUT2D eigenvalue weighted by molar-refractivity contribution is 7.14. The maximum Gasteiger partial charge on any atom is 0.358 e. The normalized spacial score (nSPS) is 9.71. The number of carbonyl (C=O) groups is 2. The Bertz CT molecular complexity index is 718. The summed E-state index contributed by atoms with van der Waals surface area (Å²) in [7, 11) is 0. The molecular weight excluding hydrogens is 290 g/mol. The van der Waals surface area contributed by atoms with Crippen molar-refractivity contribution < 1.29 is 14.3 Å². The zero-order valence-electron chi connectivity index (χ0n) is 11.1. The molecule has 0 aliphatic rings. The Labute approximate surface area is 125 Å². The molecule has 1 amide bonds. The Morgan fingerprint density at radius 2 is 2.19 bits per heavy atom. The average Bonchev–Trinajstić information content (AvgIpc) is 2.92. The first-order chi connectivity index (χ1) is 10.1. The van der Waals surface area contributed by atoms with E-state index in [0.29, 0.717) is 16.3 Å². The largest absolute Gasteiger partial charge is 0.456 e.